The summed E-state index contributed by atoms with van der Waals surface area (Å²) < 4.78 is 13.7. The maximum atomic E-state index is 13.7. The van der Waals surface area contributed by atoms with Crippen LogP contribution >= 0.6 is 0 Å². The van der Waals surface area contributed by atoms with E-state index in [9.17, 15) is 14.0 Å². The van der Waals surface area contributed by atoms with E-state index in [1.54, 1.807) is 0 Å². The van der Waals surface area contributed by atoms with Gasteiger partial charge in [0.1, 0.15) is 5.82 Å². The van der Waals surface area contributed by atoms with Gasteiger partial charge >= 0.3 is 5.97 Å². The molecule has 0 heterocycles. The van der Waals surface area contributed by atoms with Gasteiger partial charge in [0.15, 0.2) is 0 Å². The fourth-order valence-corrected chi connectivity index (χ4v) is 2.67. The molecule has 0 saturated heterocycles. The largest absolute Gasteiger partial charge is 0.478 e. The van der Waals surface area contributed by atoms with Crippen molar-refractivity contribution >= 4 is 17.6 Å². The Hall–Kier alpha value is -1.91. The molecule has 0 atom stereocenters. The number of carbonyl (C=O) groups excluding carboxylic acids is 1. The Labute approximate surface area is 117 Å². The van der Waals surface area contributed by atoms with Crippen LogP contribution in [-0.2, 0) is 4.79 Å². The minimum Gasteiger partial charge on any atom is -0.478 e. The summed E-state index contributed by atoms with van der Waals surface area (Å²) in [6.45, 7) is 0. The van der Waals surface area contributed by atoms with Gasteiger partial charge in [-0.05, 0) is 30.9 Å². The van der Waals surface area contributed by atoms with Crippen molar-refractivity contribution in [3.8, 4) is 0 Å². The van der Waals surface area contributed by atoms with Gasteiger partial charge in [0.2, 0.25) is 5.91 Å². The van der Waals surface area contributed by atoms with E-state index in [-0.39, 0.29) is 17.2 Å². The van der Waals surface area contributed by atoms with Gasteiger partial charge in [-0.15, -0.1) is 0 Å². The molecule has 4 nitrogen and oxygen atoms in total. The summed E-state index contributed by atoms with van der Waals surface area (Å²) in [5.41, 5.74) is -0.456. The average molecular weight is 279 g/mol. The molecule has 1 aromatic carbocycles. The number of nitrogens with one attached hydrogen (secondary N) is 1. The molecule has 1 fully saturated rings. The normalized spacial score (nSPS) is 15.8. The van der Waals surface area contributed by atoms with Gasteiger partial charge in [-0.25, -0.2) is 9.18 Å². The third-order valence-corrected chi connectivity index (χ3v) is 3.71. The Kier molecular flexibility index (Phi) is 4.71. The minimum absolute atomic E-state index is 0.220. The van der Waals surface area contributed by atoms with Crippen molar-refractivity contribution in [3.05, 3.63) is 29.6 Å². The third kappa shape index (κ3) is 3.56. The van der Waals surface area contributed by atoms with Crippen molar-refractivity contribution in [3.63, 3.8) is 0 Å². The maximum absolute atomic E-state index is 13.7. The summed E-state index contributed by atoms with van der Waals surface area (Å²) >= 11 is 0. The first-order chi connectivity index (χ1) is 9.58. The van der Waals surface area contributed by atoms with E-state index in [0.29, 0.717) is 12.3 Å². The standard InChI is InChI=1S/C15H18FNO3/c16-12-8-4-7-11(15(19)20)14(12)17-13(18)9-10-5-2-1-3-6-10/h4,7-8,10H,1-3,5-6,9H2,(H,17,18)(H,19,20). The first-order valence-electron chi connectivity index (χ1n) is 6.89. The summed E-state index contributed by atoms with van der Waals surface area (Å²) in [5, 5.41) is 11.4. The molecule has 2 N–H and O–H groups in total. The fraction of sp³-hybridized carbons (Fsp3) is 0.467. The Morgan fingerprint density at radius 2 is 1.95 bits per heavy atom. The van der Waals surface area contributed by atoms with E-state index < -0.39 is 11.8 Å². The predicted octanol–water partition coefficient (Wildman–Crippen LogP) is 3.43. The summed E-state index contributed by atoms with van der Waals surface area (Å²) in [5.74, 6) is -1.97. The number of amides is 1. The molecule has 1 aliphatic rings. The third-order valence-electron chi connectivity index (χ3n) is 3.71. The number of carboxylic acids is 1. The zero-order valence-electron chi connectivity index (χ0n) is 11.2. The number of carboxylic acid groups (broad SMARTS) is 1. The van der Waals surface area contributed by atoms with E-state index in [1.165, 1.54) is 18.6 Å². The van der Waals surface area contributed by atoms with Gasteiger partial charge in [-0.2, -0.15) is 0 Å². The molecule has 1 amide bonds. The van der Waals surface area contributed by atoms with Crippen LogP contribution in [0.3, 0.4) is 0 Å². The molecule has 1 aromatic rings. The summed E-state index contributed by atoms with van der Waals surface area (Å²) in [4.78, 5) is 23.0. The Bertz CT molecular complexity index is 510. The fourth-order valence-electron chi connectivity index (χ4n) is 2.67. The van der Waals surface area contributed by atoms with Crippen LogP contribution in [0.5, 0.6) is 0 Å². The average Bonchev–Trinajstić information content (AvgIpc) is 2.42. The highest BCUT2D eigenvalue weighted by Crippen LogP contribution is 2.27. The molecule has 0 bridgehead atoms. The highest BCUT2D eigenvalue weighted by molar-refractivity contribution is 6.00. The lowest BCUT2D eigenvalue weighted by Gasteiger charge is -2.21. The molecule has 0 aromatic heterocycles. The maximum Gasteiger partial charge on any atom is 0.337 e. The number of para-hydroxylation sites is 1. The van der Waals surface area contributed by atoms with E-state index >= 15 is 0 Å². The second kappa shape index (κ2) is 6.50. The van der Waals surface area contributed by atoms with Crippen LogP contribution in [0.1, 0.15) is 48.9 Å². The van der Waals surface area contributed by atoms with E-state index in [0.717, 1.165) is 31.7 Å². The van der Waals surface area contributed by atoms with Gasteiger partial charge < -0.3 is 10.4 Å². The molecular formula is C15H18FNO3. The second-order valence-electron chi connectivity index (χ2n) is 5.22. The molecule has 0 spiro atoms. The lowest BCUT2D eigenvalue weighted by molar-refractivity contribution is -0.117. The van der Waals surface area contributed by atoms with Crippen LogP contribution in [0.25, 0.3) is 0 Å². The van der Waals surface area contributed by atoms with Crippen molar-refractivity contribution in [2.24, 2.45) is 5.92 Å². The molecule has 0 radical (unpaired) electrons. The second-order valence-corrected chi connectivity index (χ2v) is 5.22. The Balaban J connectivity index is 2.05. The zero-order valence-corrected chi connectivity index (χ0v) is 11.2. The Morgan fingerprint density at radius 3 is 2.60 bits per heavy atom. The Morgan fingerprint density at radius 1 is 1.25 bits per heavy atom. The molecule has 0 unspecified atom stereocenters. The first-order valence-corrected chi connectivity index (χ1v) is 6.89. The van der Waals surface area contributed by atoms with Crippen molar-refractivity contribution in [1.29, 1.82) is 0 Å². The summed E-state index contributed by atoms with van der Waals surface area (Å²) in [7, 11) is 0. The predicted molar refractivity (Wildman–Crippen MR) is 73.2 cm³/mol. The van der Waals surface area contributed by atoms with Crippen molar-refractivity contribution in [2.75, 3.05) is 5.32 Å². The van der Waals surface area contributed by atoms with Gasteiger partial charge in [-0.3, -0.25) is 4.79 Å². The van der Waals surface area contributed by atoms with Gasteiger partial charge in [0, 0.05) is 6.42 Å². The smallest absolute Gasteiger partial charge is 0.337 e. The van der Waals surface area contributed by atoms with E-state index in [1.807, 2.05) is 0 Å². The monoisotopic (exact) mass is 279 g/mol. The van der Waals surface area contributed by atoms with E-state index in [2.05, 4.69) is 5.32 Å². The number of hydrogen-bond donors (Lipinski definition) is 2. The number of benzene rings is 1. The lowest BCUT2D eigenvalue weighted by Crippen LogP contribution is -2.20. The molecule has 1 aliphatic carbocycles. The quantitative estimate of drug-likeness (QED) is 0.887. The van der Waals surface area contributed by atoms with Gasteiger partial charge in [0.25, 0.3) is 0 Å². The number of anilines is 1. The lowest BCUT2D eigenvalue weighted by atomic mass is 9.87. The number of hydrogen-bond acceptors (Lipinski definition) is 2. The van der Waals surface area contributed by atoms with Crippen molar-refractivity contribution in [2.45, 2.75) is 38.5 Å². The molecule has 0 aliphatic heterocycles. The highest BCUT2D eigenvalue weighted by Gasteiger charge is 2.20. The van der Waals surface area contributed by atoms with Crippen LogP contribution in [0.4, 0.5) is 10.1 Å². The zero-order chi connectivity index (χ0) is 14.5. The molecule has 5 heteroatoms. The number of carbonyl (C=O) groups is 2. The SMILES string of the molecule is O=C(CC1CCCCC1)Nc1c(F)cccc1C(=O)O. The summed E-state index contributed by atoms with van der Waals surface area (Å²) in [6.07, 6.45) is 5.80. The van der Waals surface area contributed by atoms with Crippen LogP contribution < -0.4 is 5.32 Å². The molecular weight excluding hydrogens is 261 g/mol. The van der Waals surface area contributed by atoms with E-state index in [4.69, 9.17) is 5.11 Å². The van der Waals surface area contributed by atoms with Crippen LogP contribution in [-0.4, -0.2) is 17.0 Å². The minimum atomic E-state index is -1.25. The molecule has 20 heavy (non-hydrogen) atoms. The number of rotatable bonds is 4. The summed E-state index contributed by atoms with van der Waals surface area (Å²) in [6, 6.07) is 3.74. The highest BCUT2D eigenvalue weighted by atomic mass is 19.1. The topological polar surface area (TPSA) is 66.4 Å². The van der Waals surface area contributed by atoms with Crippen molar-refractivity contribution in [1.82, 2.24) is 0 Å². The van der Waals surface area contributed by atoms with Crippen molar-refractivity contribution < 1.29 is 19.1 Å². The van der Waals surface area contributed by atoms with Crippen LogP contribution in [0.2, 0.25) is 0 Å². The molecule has 2 rings (SSSR count). The molecule has 108 valence electrons. The van der Waals surface area contributed by atoms with Gasteiger partial charge in [-0.1, -0.05) is 25.3 Å². The first kappa shape index (κ1) is 14.5. The van der Waals surface area contributed by atoms with Gasteiger partial charge in [0.05, 0.1) is 11.3 Å². The number of halogens is 1. The number of aromatic carboxylic acids is 1. The molecule has 1 saturated carbocycles. The van der Waals surface area contributed by atoms with Crippen LogP contribution in [0.15, 0.2) is 18.2 Å². The van der Waals surface area contributed by atoms with Crippen LogP contribution in [0, 0.1) is 11.7 Å².